The lowest BCUT2D eigenvalue weighted by Crippen LogP contribution is -2.38. The van der Waals surface area contributed by atoms with Crippen LogP contribution in [0.2, 0.25) is 0 Å². The maximum absolute atomic E-state index is 6.28. The highest BCUT2D eigenvalue weighted by atomic mass is 16.5. The first-order valence-corrected chi connectivity index (χ1v) is 7.65. The van der Waals surface area contributed by atoms with Crippen molar-refractivity contribution in [3.63, 3.8) is 0 Å². The lowest BCUT2D eigenvalue weighted by Gasteiger charge is -2.29. The first-order valence-electron chi connectivity index (χ1n) is 7.65. The number of hydrogen-bond acceptors (Lipinski definition) is 4. The Bertz CT molecular complexity index is 477. The van der Waals surface area contributed by atoms with Gasteiger partial charge in [0.2, 0.25) is 0 Å². The van der Waals surface area contributed by atoms with Crippen molar-refractivity contribution in [3.8, 4) is 5.75 Å². The summed E-state index contributed by atoms with van der Waals surface area (Å²) in [6.45, 7) is 5.24. The zero-order chi connectivity index (χ0) is 14.1. The fourth-order valence-corrected chi connectivity index (χ4v) is 3.87. The van der Waals surface area contributed by atoms with E-state index >= 15 is 0 Å². The molecule has 3 atom stereocenters. The third-order valence-corrected chi connectivity index (χ3v) is 4.83. The number of likely N-dealkylation sites (tertiary alicyclic amines) is 1. The number of ether oxygens (including phenoxy) is 1. The van der Waals surface area contributed by atoms with Gasteiger partial charge in [-0.2, -0.15) is 0 Å². The topological polar surface area (TPSA) is 51.4 Å². The number of fused-ring (bicyclic) bond motifs is 1. The van der Waals surface area contributed by atoms with E-state index in [-0.39, 0.29) is 0 Å². The van der Waals surface area contributed by atoms with Gasteiger partial charge in [-0.3, -0.25) is 9.88 Å². The smallest absolute Gasteiger partial charge is 0.122 e. The summed E-state index contributed by atoms with van der Waals surface area (Å²) in [5, 5.41) is 0. The van der Waals surface area contributed by atoms with E-state index in [4.69, 9.17) is 10.5 Å². The minimum atomic E-state index is 0.402. The van der Waals surface area contributed by atoms with Crippen LogP contribution in [0.25, 0.3) is 0 Å². The number of pyridine rings is 1. The first kappa shape index (κ1) is 13.8. The number of hydrogen-bond donors (Lipinski definition) is 1. The number of methoxy groups -OCH3 is 1. The molecule has 4 heteroatoms. The zero-order valence-electron chi connectivity index (χ0n) is 12.5. The van der Waals surface area contributed by atoms with E-state index in [9.17, 15) is 0 Å². The normalized spacial score (nSPS) is 30.2. The Morgan fingerprint density at radius 3 is 2.95 bits per heavy atom. The number of nitrogens with zero attached hydrogens (tertiary/aromatic N) is 2. The van der Waals surface area contributed by atoms with E-state index in [1.54, 1.807) is 7.11 Å². The SMILES string of the molecule is COc1cc(C)nc(CN2CC3CCCC(N)C3C2)c1. The Hall–Kier alpha value is -1.13. The molecule has 110 valence electrons. The van der Waals surface area contributed by atoms with Crippen molar-refractivity contribution in [2.75, 3.05) is 20.2 Å². The molecule has 4 nitrogen and oxygen atoms in total. The lowest BCUT2D eigenvalue weighted by molar-refractivity contribution is 0.259. The van der Waals surface area contributed by atoms with Crippen molar-refractivity contribution in [3.05, 3.63) is 23.5 Å². The van der Waals surface area contributed by atoms with Crippen LogP contribution < -0.4 is 10.5 Å². The average molecular weight is 275 g/mol. The van der Waals surface area contributed by atoms with Crippen LogP contribution in [0.5, 0.6) is 5.75 Å². The van der Waals surface area contributed by atoms with Crippen molar-refractivity contribution in [2.45, 2.75) is 38.8 Å². The van der Waals surface area contributed by atoms with Gasteiger partial charge in [0.15, 0.2) is 0 Å². The van der Waals surface area contributed by atoms with Gasteiger partial charge in [0.25, 0.3) is 0 Å². The number of nitrogens with two attached hydrogens (primary N) is 1. The zero-order valence-corrected chi connectivity index (χ0v) is 12.5. The Labute approximate surface area is 121 Å². The number of aryl methyl sites for hydroxylation is 1. The standard InChI is InChI=1S/C16H25N3O/c1-11-6-14(20-2)7-13(18-11)9-19-8-12-4-3-5-16(17)15(12)10-19/h6-7,12,15-16H,3-5,8-10,17H2,1-2H3. The van der Waals surface area contributed by atoms with Gasteiger partial charge in [0, 0.05) is 43.5 Å². The minimum absolute atomic E-state index is 0.402. The molecule has 3 unspecified atom stereocenters. The van der Waals surface area contributed by atoms with Gasteiger partial charge in [-0.25, -0.2) is 0 Å². The van der Waals surface area contributed by atoms with Crippen molar-refractivity contribution >= 4 is 0 Å². The molecule has 1 aliphatic heterocycles. The van der Waals surface area contributed by atoms with Gasteiger partial charge in [-0.05, 0) is 31.6 Å². The molecule has 0 amide bonds. The van der Waals surface area contributed by atoms with Gasteiger partial charge in [0.05, 0.1) is 12.8 Å². The van der Waals surface area contributed by atoms with E-state index in [0.717, 1.165) is 36.1 Å². The van der Waals surface area contributed by atoms with Crippen LogP contribution >= 0.6 is 0 Å². The van der Waals surface area contributed by atoms with Crippen molar-refractivity contribution in [1.29, 1.82) is 0 Å². The Balaban J connectivity index is 1.68. The van der Waals surface area contributed by atoms with Crippen LogP contribution in [-0.4, -0.2) is 36.1 Å². The summed E-state index contributed by atoms with van der Waals surface area (Å²) in [5.41, 5.74) is 8.41. The van der Waals surface area contributed by atoms with Gasteiger partial charge in [-0.1, -0.05) is 6.42 Å². The molecule has 1 aromatic heterocycles. The second-order valence-corrected chi connectivity index (χ2v) is 6.35. The molecule has 3 rings (SSSR count). The fraction of sp³-hybridized carbons (Fsp3) is 0.688. The van der Waals surface area contributed by atoms with Crippen LogP contribution in [0.4, 0.5) is 0 Å². The maximum Gasteiger partial charge on any atom is 0.122 e. The molecule has 1 aliphatic carbocycles. The molecule has 0 bridgehead atoms. The molecular weight excluding hydrogens is 250 g/mol. The van der Waals surface area contributed by atoms with Crippen LogP contribution in [0.15, 0.2) is 12.1 Å². The summed E-state index contributed by atoms with van der Waals surface area (Å²) in [7, 11) is 1.71. The third-order valence-electron chi connectivity index (χ3n) is 4.83. The highest BCUT2D eigenvalue weighted by molar-refractivity contribution is 5.26. The largest absolute Gasteiger partial charge is 0.497 e. The summed E-state index contributed by atoms with van der Waals surface area (Å²) in [6.07, 6.45) is 3.84. The summed E-state index contributed by atoms with van der Waals surface area (Å²) in [5.74, 6) is 2.39. The molecule has 2 aliphatic rings. The van der Waals surface area contributed by atoms with Crippen LogP contribution in [0.3, 0.4) is 0 Å². The molecule has 1 saturated carbocycles. The second kappa shape index (κ2) is 5.70. The van der Waals surface area contributed by atoms with E-state index in [2.05, 4.69) is 16.0 Å². The molecule has 2 fully saturated rings. The average Bonchev–Trinajstić information content (AvgIpc) is 2.82. The molecule has 0 aromatic carbocycles. The predicted octanol–water partition coefficient (Wildman–Crippen LogP) is 1.96. The summed E-state index contributed by atoms with van der Waals surface area (Å²) in [6, 6.07) is 4.43. The summed E-state index contributed by atoms with van der Waals surface area (Å²) in [4.78, 5) is 7.14. The van der Waals surface area contributed by atoms with Crippen LogP contribution in [-0.2, 0) is 6.54 Å². The van der Waals surface area contributed by atoms with Crippen molar-refractivity contribution in [1.82, 2.24) is 9.88 Å². The Morgan fingerprint density at radius 1 is 1.35 bits per heavy atom. The Kier molecular flexibility index (Phi) is 3.94. The van der Waals surface area contributed by atoms with Crippen molar-refractivity contribution in [2.24, 2.45) is 17.6 Å². The van der Waals surface area contributed by atoms with Gasteiger partial charge >= 0.3 is 0 Å². The van der Waals surface area contributed by atoms with Gasteiger partial charge < -0.3 is 10.5 Å². The maximum atomic E-state index is 6.28. The first-order chi connectivity index (χ1) is 9.65. The van der Waals surface area contributed by atoms with E-state index in [1.807, 2.05) is 13.0 Å². The molecule has 1 saturated heterocycles. The highest BCUT2D eigenvalue weighted by Gasteiger charge is 2.38. The van der Waals surface area contributed by atoms with Gasteiger partial charge in [0.1, 0.15) is 5.75 Å². The molecule has 2 N–H and O–H groups in total. The van der Waals surface area contributed by atoms with Crippen molar-refractivity contribution < 1.29 is 4.74 Å². The Morgan fingerprint density at radius 2 is 2.20 bits per heavy atom. The summed E-state index contributed by atoms with van der Waals surface area (Å²) < 4.78 is 5.33. The third kappa shape index (κ3) is 2.81. The molecule has 0 spiro atoms. The van der Waals surface area contributed by atoms with Gasteiger partial charge in [-0.15, -0.1) is 0 Å². The van der Waals surface area contributed by atoms with Crippen LogP contribution in [0, 0.1) is 18.8 Å². The summed E-state index contributed by atoms with van der Waals surface area (Å²) >= 11 is 0. The molecular formula is C16H25N3O. The van der Waals surface area contributed by atoms with E-state index in [1.165, 1.54) is 25.8 Å². The van der Waals surface area contributed by atoms with E-state index < -0.39 is 0 Å². The molecule has 0 radical (unpaired) electrons. The number of aromatic nitrogens is 1. The lowest BCUT2D eigenvalue weighted by atomic mass is 9.78. The highest BCUT2D eigenvalue weighted by Crippen LogP contribution is 2.36. The molecule has 1 aromatic rings. The van der Waals surface area contributed by atoms with Crippen LogP contribution in [0.1, 0.15) is 30.7 Å². The monoisotopic (exact) mass is 275 g/mol. The number of rotatable bonds is 3. The quantitative estimate of drug-likeness (QED) is 0.916. The minimum Gasteiger partial charge on any atom is -0.497 e. The molecule has 20 heavy (non-hydrogen) atoms. The molecule has 2 heterocycles. The second-order valence-electron chi connectivity index (χ2n) is 6.35. The van der Waals surface area contributed by atoms with E-state index in [0.29, 0.717) is 12.0 Å². The predicted molar refractivity (Wildman–Crippen MR) is 79.6 cm³/mol. The fourth-order valence-electron chi connectivity index (χ4n) is 3.87.